The Balaban J connectivity index is 1.67. The van der Waals surface area contributed by atoms with Crippen molar-refractivity contribution in [2.45, 2.75) is 13.5 Å². The second-order valence-corrected chi connectivity index (χ2v) is 5.07. The van der Waals surface area contributed by atoms with Crippen LogP contribution in [0.2, 0.25) is 5.02 Å². The van der Waals surface area contributed by atoms with Gasteiger partial charge < -0.3 is 15.2 Å². The van der Waals surface area contributed by atoms with Crippen molar-refractivity contribution in [3.8, 4) is 0 Å². The van der Waals surface area contributed by atoms with Crippen molar-refractivity contribution < 1.29 is 4.52 Å². The quantitative estimate of drug-likeness (QED) is 0.746. The van der Waals surface area contributed by atoms with Crippen molar-refractivity contribution in [1.82, 2.24) is 15.1 Å². The maximum absolute atomic E-state index is 6.13. The number of aryl methyl sites for hydroxylation is 1. The van der Waals surface area contributed by atoms with E-state index in [0.717, 1.165) is 16.3 Å². The molecule has 0 fully saturated rings. The summed E-state index contributed by atoms with van der Waals surface area (Å²) < 4.78 is 4.99. The van der Waals surface area contributed by atoms with E-state index in [1.807, 2.05) is 31.2 Å². The monoisotopic (exact) mass is 315 g/mol. The van der Waals surface area contributed by atoms with E-state index in [9.17, 15) is 0 Å². The molecule has 0 atom stereocenters. The fraction of sp³-hybridized carbons (Fsp3) is 0.133. The van der Waals surface area contributed by atoms with Gasteiger partial charge in [-0.2, -0.15) is 4.98 Å². The molecular weight excluding hydrogens is 302 g/mol. The van der Waals surface area contributed by atoms with E-state index in [0.29, 0.717) is 24.1 Å². The van der Waals surface area contributed by atoms with E-state index >= 15 is 0 Å². The van der Waals surface area contributed by atoms with Gasteiger partial charge in [0, 0.05) is 23.8 Å². The number of anilines is 3. The van der Waals surface area contributed by atoms with Crippen LogP contribution in [0.4, 0.5) is 17.6 Å². The van der Waals surface area contributed by atoms with Gasteiger partial charge in [-0.05, 0) is 24.6 Å². The predicted octanol–water partition coefficient (Wildman–Crippen LogP) is 3.78. The third kappa shape index (κ3) is 3.53. The summed E-state index contributed by atoms with van der Waals surface area (Å²) in [6, 6.07) is 11.2. The van der Waals surface area contributed by atoms with Crippen molar-refractivity contribution in [1.29, 1.82) is 0 Å². The summed E-state index contributed by atoms with van der Waals surface area (Å²) >= 11 is 6.13. The Morgan fingerprint density at radius 3 is 2.82 bits per heavy atom. The van der Waals surface area contributed by atoms with Crippen LogP contribution in [-0.2, 0) is 6.54 Å². The van der Waals surface area contributed by atoms with Gasteiger partial charge in [0.05, 0.1) is 0 Å². The molecule has 0 saturated heterocycles. The lowest BCUT2D eigenvalue weighted by Crippen LogP contribution is -2.04. The lowest BCUT2D eigenvalue weighted by atomic mass is 10.2. The first kappa shape index (κ1) is 14.3. The Labute approximate surface area is 132 Å². The van der Waals surface area contributed by atoms with Gasteiger partial charge in [0.15, 0.2) is 5.82 Å². The minimum Gasteiger partial charge on any atom is -0.366 e. The molecule has 22 heavy (non-hydrogen) atoms. The normalized spacial score (nSPS) is 10.5. The highest BCUT2D eigenvalue weighted by atomic mass is 35.5. The molecule has 0 aliphatic rings. The minimum absolute atomic E-state index is 0.442. The first-order valence-corrected chi connectivity index (χ1v) is 7.09. The predicted molar refractivity (Wildman–Crippen MR) is 85.3 cm³/mol. The molecule has 0 aliphatic carbocycles. The molecule has 0 aliphatic heterocycles. The highest BCUT2D eigenvalue weighted by Gasteiger charge is 2.04. The van der Waals surface area contributed by atoms with Crippen LogP contribution in [-0.4, -0.2) is 15.1 Å². The number of nitrogens with one attached hydrogen (secondary N) is 2. The summed E-state index contributed by atoms with van der Waals surface area (Å²) in [5.74, 6) is 2.42. The largest absolute Gasteiger partial charge is 0.366 e. The minimum atomic E-state index is 0.442. The van der Waals surface area contributed by atoms with Crippen molar-refractivity contribution in [2.24, 2.45) is 0 Å². The SMILES string of the molecule is Cc1cc(Nc2nccc(NCc3ccccc3Cl)n2)no1. The van der Waals surface area contributed by atoms with Crippen LogP contribution in [0.25, 0.3) is 0 Å². The van der Waals surface area contributed by atoms with E-state index in [1.54, 1.807) is 18.3 Å². The summed E-state index contributed by atoms with van der Waals surface area (Å²) in [4.78, 5) is 8.51. The molecule has 0 spiro atoms. The van der Waals surface area contributed by atoms with Crippen LogP contribution < -0.4 is 10.6 Å². The molecule has 1 aromatic carbocycles. The summed E-state index contributed by atoms with van der Waals surface area (Å²) in [6.45, 7) is 2.40. The molecule has 6 nitrogen and oxygen atoms in total. The topological polar surface area (TPSA) is 75.9 Å². The molecule has 0 bridgehead atoms. The van der Waals surface area contributed by atoms with Crippen molar-refractivity contribution >= 4 is 29.2 Å². The third-order valence-corrected chi connectivity index (χ3v) is 3.31. The van der Waals surface area contributed by atoms with Crippen LogP contribution in [0.1, 0.15) is 11.3 Å². The summed E-state index contributed by atoms with van der Waals surface area (Å²) in [5, 5.41) is 10.8. The molecule has 0 radical (unpaired) electrons. The molecule has 0 amide bonds. The number of halogens is 1. The maximum Gasteiger partial charge on any atom is 0.230 e. The first-order chi connectivity index (χ1) is 10.7. The van der Waals surface area contributed by atoms with E-state index in [1.165, 1.54) is 0 Å². The zero-order valence-electron chi connectivity index (χ0n) is 11.9. The molecular formula is C15H14ClN5O. The molecule has 0 unspecified atom stereocenters. The smallest absolute Gasteiger partial charge is 0.230 e. The maximum atomic E-state index is 6.13. The lowest BCUT2D eigenvalue weighted by molar-refractivity contribution is 0.400. The van der Waals surface area contributed by atoms with Gasteiger partial charge in [0.1, 0.15) is 11.6 Å². The molecule has 0 saturated carbocycles. The van der Waals surface area contributed by atoms with E-state index in [2.05, 4.69) is 25.8 Å². The fourth-order valence-electron chi connectivity index (χ4n) is 1.88. The summed E-state index contributed by atoms with van der Waals surface area (Å²) in [7, 11) is 0. The Bertz CT molecular complexity index is 774. The Hall–Kier alpha value is -2.60. The molecule has 2 heterocycles. The lowest BCUT2D eigenvalue weighted by Gasteiger charge is -2.08. The van der Waals surface area contributed by atoms with Crippen molar-refractivity contribution in [3.63, 3.8) is 0 Å². The molecule has 2 N–H and O–H groups in total. The van der Waals surface area contributed by atoms with Crippen molar-refractivity contribution in [2.75, 3.05) is 10.6 Å². The zero-order chi connectivity index (χ0) is 15.4. The molecule has 3 rings (SSSR count). The zero-order valence-corrected chi connectivity index (χ0v) is 12.6. The number of aromatic nitrogens is 3. The van der Waals surface area contributed by atoms with Crippen LogP contribution in [0.5, 0.6) is 0 Å². The number of hydrogen-bond acceptors (Lipinski definition) is 6. The molecule has 7 heteroatoms. The van der Waals surface area contributed by atoms with Gasteiger partial charge in [-0.15, -0.1) is 0 Å². The second-order valence-electron chi connectivity index (χ2n) is 4.66. The Morgan fingerprint density at radius 2 is 2.05 bits per heavy atom. The van der Waals surface area contributed by atoms with Gasteiger partial charge in [-0.1, -0.05) is 35.0 Å². The fourth-order valence-corrected chi connectivity index (χ4v) is 2.09. The van der Waals surface area contributed by atoms with E-state index < -0.39 is 0 Å². The van der Waals surface area contributed by atoms with E-state index in [4.69, 9.17) is 16.1 Å². The van der Waals surface area contributed by atoms with Gasteiger partial charge in [-0.25, -0.2) is 4.98 Å². The Kier molecular flexibility index (Phi) is 4.20. The van der Waals surface area contributed by atoms with Crippen LogP contribution in [0.15, 0.2) is 47.1 Å². The number of hydrogen-bond donors (Lipinski definition) is 2. The van der Waals surface area contributed by atoms with Crippen LogP contribution in [0.3, 0.4) is 0 Å². The average Bonchev–Trinajstić information content (AvgIpc) is 2.92. The van der Waals surface area contributed by atoms with Gasteiger partial charge in [-0.3, -0.25) is 0 Å². The first-order valence-electron chi connectivity index (χ1n) is 6.71. The second kappa shape index (κ2) is 6.44. The van der Waals surface area contributed by atoms with Gasteiger partial charge in [0.25, 0.3) is 0 Å². The van der Waals surface area contributed by atoms with Gasteiger partial charge in [0.2, 0.25) is 5.95 Å². The number of rotatable bonds is 5. The summed E-state index contributed by atoms with van der Waals surface area (Å²) in [5.41, 5.74) is 1.00. The summed E-state index contributed by atoms with van der Waals surface area (Å²) in [6.07, 6.45) is 1.66. The van der Waals surface area contributed by atoms with Gasteiger partial charge >= 0.3 is 0 Å². The van der Waals surface area contributed by atoms with Crippen molar-refractivity contribution in [3.05, 3.63) is 58.9 Å². The third-order valence-electron chi connectivity index (χ3n) is 2.94. The van der Waals surface area contributed by atoms with Crippen LogP contribution >= 0.6 is 11.6 Å². The molecule has 3 aromatic rings. The van der Waals surface area contributed by atoms with Crippen LogP contribution in [0, 0.1) is 6.92 Å². The van der Waals surface area contributed by atoms with E-state index in [-0.39, 0.29) is 0 Å². The number of nitrogens with zero attached hydrogens (tertiary/aromatic N) is 3. The average molecular weight is 316 g/mol. The standard InChI is InChI=1S/C15H14ClN5O/c1-10-8-14(21-22-10)20-15-17-7-6-13(19-15)18-9-11-4-2-3-5-12(11)16/h2-8H,9H2,1H3,(H2,17,18,19,20,21). The highest BCUT2D eigenvalue weighted by molar-refractivity contribution is 6.31. The number of benzene rings is 1. The molecule has 112 valence electrons. The Morgan fingerprint density at radius 1 is 1.18 bits per heavy atom. The molecule has 2 aromatic heterocycles. The highest BCUT2D eigenvalue weighted by Crippen LogP contribution is 2.17.